The number of urea groups is 1. The maximum atomic E-state index is 12.9. The normalized spacial score (nSPS) is 10.0. The van der Waals surface area contributed by atoms with Gasteiger partial charge in [-0.3, -0.25) is 0 Å². The summed E-state index contributed by atoms with van der Waals surface area (Å²) in [6, 6.07) is 9.78. The lowest BCUT2D eigenvalue weighted by Crippen LogP contribution is -2.32. The largest absolute Gasteiger partial charge is 0.472 e. The zero-order chi connectivity index (χ0) is 15.2. The van der Waals surface area contributed by atoms with Gasteiger partial charge in [0.1, 0.15) is 11.6 Å². The predicted molar refractivity (Wildman–Crippen MR) is 80.5 cm³/mol. The summed E-state index contributed by atoms with van der Waals surface area (Å²) in [4.78, 5) is 11.6. The first-order valence-electron chi connectivity index (χ1n) is 5.93. The molecule has 2 aromatic carbocycles. The molecule has 0 bridgehead atoms. The van der Waals surface area contributed by atoms with Gasteiger partial charge >= 0.3 is 6.03 Å². The molecule has 110 valence electrons. The Kier molecular flexibility index (Phi) is 5.25. The van der Waals surface area contributed by atoms with E-state index in [1.54, 1.807) is 18.2 Å². The van der Waals surface area contributed by atoms with E-state index in [2.05, 4.69) is 10.6 Å². The molecule has 4 nitrogen and oxygen atoms in total. The summed E-state index contributed by atoms with van der Waals surface area (Å²) in [7, 11) is 0. The first-order valence-corrected chi connectivity index (χ1v) is 6.68. The summed E-state index contributed by atoms with van der Waals surface area (Å²) in [6.07, 6.45) is 0. The summed E-state index contributed by atoms with van der Waals surface area (Å²) in [5.74, 6) is -0.0379. The molecule has 0 spiro atoms. The third-order valence-corrected chi connectivity index (χ3v) is 2.97. The molecule has 0 fully saturated rings. The maximum absolute atomic E-state index is 12.9. The monoisotopic (exact) mass is 328 g/mol. The zero-order valence-electron chi connectivity index (χ0n) is 10.7. The summed E-state index contributed by atoms with van der Waals surface area (Å²) in [5, 5.41) is 5.76. The van der Waals surface area contributed by atoms with E-state index in [1.807, 2.05) is 0 Å². The number of carbonyl (C=O) groups excluding carboxylic acids is 1. The Balaban J connectivity index is 1.81. The third kappa shape index (κ3) is 4.81. The Bertz CT molecular complexity index is 653. The number of rotatable bonds is 4. The Morgan fingerprint density at radius 2 is 2.00 bits per heavy atom. The van der Waals surface area contributed by atoms with Crippen molar-refractivity contribution in [1.29, 1.82) is 0 Å². The number of halogens is 3. The zero-order valence-corrected chi connectivity index (χ0v) is 12.2. The fourth-order valence-electron chi connectivity index (χ4n) is 1.51. The van der Waals surface area contributed by atoms with Crippen LogP contribution in [0.25, 0.3) is 0 Å². The molecule has 0 atom stereocenters. The number of hydrogen-bond acceptors (Lipinski definition) is 2. The SMILES string of the molecule is O=C(NCOc1ccc(Cl)cc1Cl)Nc1cccc(F)c1. The number of nitrogens with one attached hydrogen (secondary N) is 2. The highest BCUT2D eigenvalue weighted by atomic mass is 35.5. The molecule has 0 radical (unpaired) electrons. The van der Waals surface area contributed by atoms with Crippen molar-refractivity contribution < 1.29 is 13.9 Å². The van der Waals surface area contributed by atoms with Gasteiger partial charge in [0.2, 0.25) is 0 Å². The number of ether oxygens (including phenoxy) is 1. The van der Waals surface area contributed by atoms with Crippen molar-refractivity contribution in [2.45, 2.75) is 0 Å². The van der Waals surface area contributed by atoms with Crippen LogP contribution in [0, 0.1) is 5.82 Å². The summed E-state index contributed by atoms with van der Waals surface area (Å²) >= 11 is 11.7. The smallest absolute Gasteiger partial charge is 0.321 e. The van der Waals surface area contributed by atoms with Crippen LogP contribution in [0.1, 0.15) is 0 Å². The van der Waals surface area contributed by atoms with Crippen molar-refractivity contribution in [3.05, 3.63) is 58.3 Å². The van der Waals surface area contributed by atoms with Crippen LogP contribution in [0.5, 0.6) is 5.75 Å². The van der Waals surface area contributed by atoms with Gasteiger partial charge in [-0.25, -0.2) is 9.18 Å². The summed E-state index contributed by atoms with van der Waals surface area (Å²) in [6.45, 7) is -0.0947. The molecule has 0 aliphatic carbocycles. The number of carbonyl (C=O) groups is 1. The van der Waals surface area contributed by atoms with Crippen molar-refractivity contribution in [3.63, 3.8) is 0 Å². The summed E-state index contributed by atoms with van der Waals surface area (Å²) < 4.78 is 18.2. The van der Waals surface area contributed by atoms with E-state index in [9.17, 15) is 9.18 Å². The summed E-state index contributed by atoms with van der Waals surface area (Å²) in [5.41, 5.74) is 0.344. The number of benzene rings is 2. The Morgan fingerprint density at radius 3 is 2.71 bits per heavy atom. The molecule has 0 saturated carbocycles. The quantitative estimate of drug-likeness (QED) is 0.822. The minimum absolute atomic E-state index is 0.0947. The molecule has 2 amide bonds. The molecule has 0 aliphatic rings. The van der Waals surface area contributed by atoms with Crippen LogP contribution in [0.4, 0.5) is 14.9 Å². The van der Waals surface area contributed by atoms with Crippen LogP contribution in [-0.4, -0.2) is 12.8 Å². The van der Waals surface area contributed by atoms with Gasteiger partial charge in [0, 0.05) is 10.7 Å². The fraction of sp³-hybridized carbons (Fsp3) is 0.0714. The van der Waals surface area contributed by atoms with E-state index < -0.39 is 11.8 Å². The fourth-order valence-corrected chi connectivity index (χ4v) is 1.98. The van der Waals surface area contributed by atoms with Gasteiger partial charge in [-0.05, 0) is 36.4 Å². The molecular weight excluding hydrogens is 318 g/mol. The van der Waals surface area contributed by atoms with Crippen molar-refractivity contribution in [2.24, 2.45) is 0 Å². The Labute approximate surface area is 130 Å². The van der Waals surface area contributed by atoms with Crippen LogP contribution < -0.4 is 15.4 Å². The standard InChI is InChI=1S/C14H11Cl2FN2O2/c15-9-4-5-13(12(16)6-9)21-8-18-14(20)19-11-3-1-2-10(17)7-11/h1-7H,8H2,(H2,18,19,20). The minimum Gasteiger partial charge on any atom is -0.472 e. The van der Waals surface area contributed by atoms with Crippen molar-refractivity contribution in [1.82, 2.24) is 5.32 Å². The van der Waals surface area contributed by atoms with Crippen molar-refractivity contribution >= 4 is 34.9 Å². The first kappa shape index (κ1) is 15.4. The molecule has 0 aliphatic heterocycles. The van der Waals surface area contributed by atoms with E-state index in [-0.39, 0.29) is 6.73 Å². The van der Waals surface area contributed by atoms with E-state index in [0.29, 0.717) is 21.5 Å². The van der Waals surface area contributed by atoms with Gasteiger partial charge in [-0.15, -0.1) is 0 Å². The molecule has 21 heavy (non-hydrogen) atoms. The second-order valence-corrected chi connectivity index (χ2v) is 4.85. The molecule has 2 aromatic rings. The van der Waals surface area contributed by atoms with Gasteiger partial charge in [0.15, 0.2) is 6.73 Å². The highest BCUT2D eigenvalue weighted by molar-refractivity contribution is 6.35. The van der Waals surface area contributed by atoms with Gasteiger partial charge in [-0.1, -0.05) is 29.3 Å². The maximum Gasteiger partial charge on any atom is 0.321 e. The minimum atomic E-state index is -0.523. The second kappa shape index (κ2) is 7.15. The topological polar surface area (TPSA) is 50.4 Å². The van der Waals surface area contributed by atoms with Crippen molar-refractivity contribution in [2.75, 3.05) is 12.0 Å². The number of anilines is 1. The van der Waals surface area contributed by atoms with Gasteiger partial charge < -0.3 is 15.4 Å². The van der Waals surface area contributed by atoms with E-state index in [4.69, 9.17) is 27.9 Å². The van der Waals surface area contributed by atoms with Crippen LogP contribution in [-0.2, 0) is 0 Å². The molecule has 2 rings (SSSR count). The first-order chi connectivity index (χ1) is 10.0. The molecule has 0 aromatic heterocycles. The van der Waals surface area contributed by atoms with Crippen LogP contribution in [0.15, 0.2) is 42.5 Å². The lowest BCUT2D eigenvalue weighted by Gasteiger charge is -2.10. The van der Waals surface area contributed by atoms with E-state index in [0.717, 1.165) is 0 Å². The third-order valence-electron chi connectivity index (χ3n) is 2.44. The average molecular weight is 329 g/mol. The van der Waals surface area contributed by atoms with Crippen LogP contribution >= 0.6 is 23.2 Å². The Hall–Kier alpha value is -1.98. The van der Waals surface area contributed by atoms with Crippen LogP contribution in [0.3, 0.4) is 0 Å². The molecule has 0 unspecified atom stereocenters. The lowest BCUT2D eigenvalue weighted by molar-refractivity contribution is 0.234. The number of amides is 2. The predicted octanol–water partition coefficient (Wildman–Crippen LogP) is 4.29. The molecule has 2 N–H and O–H groups in total. The van der Waals surface area contributed by atoms with Gasteiger partial charge in [0.05, 0.1) is 5.02 Å². The molecule has 0 heterocycles. The molecule has 7 heteroatoms. The highest BCUT2D eigenvalue weighted by Crippen LogP contribution is 2.27. The van der Waals surface area contributed by atoms with Crippen LogP contribution in [0.2, 0.25) is 10.0 Å². The van der Waals surface area contributed by atoms with E-state index in [1.165, 1.54) is 24.3 Å². The highest BCUT2D eigenvalue weighted by Gasteiger charge is 2.05. The van der Waals surface area contributed by atoms with Gasteiger partial charge in [0.25, 0.3) is 0 Å². The Morgan fingerprint density at radius 1 is 1.19 bits per heavy atom. The average Bonchev–Trinajstić information content (AvgIpc) is 2.41. The number of hydrogen-bond donors (Lipinski definition) is 2. The van der Waals surface area contributed by atoms with Gasteiger partial charge in [-0.2, -0.15) is 0 Å². The van der Waals surface area contributed by atoms with Crippen molar-refractivity contribution in [3.8, 4) is 5.75 Å². The molecular formula is C14H11Cl2FN2O2. The lowest BCUT2D eigenvalue weighted by atomic mass is 10.3. The molecule has 0 saturated heterocycles. The van der Waals surface area contributed by atoms with E-state index >= 15 is 0 Å². The second-order valence-electron chi connectivity index (χ2n) is 4.00.